The highest BCUT2D eigenvalue weighted by Crippen LogP contribution is 2.66. The van der Waals surface area contributed by atoms with E-state index in [4.69, 9.17) is 15.9 Å². The minimum absolute atomic E-state index is 0.0255. The van der Waals surface area contributed by atoms with Gasteiger partial charge in [-0.05, 0) is 36.7 Å². The van der Waals surface area contributed by atoms with Crippen molar-refractivity contribution >= 4 is 5.84 Å². The maximum Gasteiger partial charge on any atom is 0.244 e. The predicted molar refractivity (Wildman–Crippen MR) is 76.7 cm³/mol. The van der Waals surface area contributed by atoms with Crippen LogP contribution in [0.1, 0.15) is 45.6 Å². The monoisotopic (exact) mass is 274 g/mol. The maximum absolute atomic E-state index is 7.61. The fraction of sp³-hybridized carbons (Fsp3) is 0.667. The molecule has 0 amide bonds. The lowest BCUT2D eigenvalue weighted by atomic mass is 9.70. The summed E-state index contributed by atoms with van der Waals surface area (Å²) in [6.07, 6.45) is 5.19. The molecule has 108 valence electrons. The van der Waals surface area contributed by atoms with Gasteiger partial charge in [-0.2, -0.15) is 5.10 Å². The smallest absolute Gasteiger partial charge is 0.244 e. The summed E-state index contributed by atoms with van der Waals surface area (Å²) in [5, 5.41) is 15.5. The van der Waals surface area contributed by atoms with Gasteiger partial charge in [0.25, 0.3) is 0 Å². The topological polar surface area (TPSA) is 84.9 Å². The van der Waals surface area contributed by atoms with Crippen molar-refractivity contribution in [1.29, 1.82) is 5.41 Å². The van der Waals surface area contributed by atoms with Gasteiger partial charge in [-0.1, -0.05) is 20.8 Å². The van der Waals surface area contributed by atoms with E-state index in [9.17, 15) is 0 Å². The van der Waals surface area contributed by atoms with E-state index in [0.717, 1.165) is 6.42 Å². The van der Waals surface area contributed by atoms with Crippen molar-refractivity contribution in [3.63, 3.8) is 0 Å². The molecule has 2 aliphatic carbocycles. The van der Waals surface area contributed by atoms with E-state index in [1.165, 1.54) is 19.0 Å². The van der Waals surface area contributed by atoms with Crippen molar-refractivity contribution in [1.82, 2.24) is 10.2 Å². The molecule has 2 aliphatic rings. The molecule has 3 atom stereocenters. The molecule has 3 rings (SSSR count). The van der Waals surface area contributed by atoms with Crippen LogP contribution in [0, 0.1) is 22.2 Å². The van der Waals surface area contributed by atoms with Crippen LogP contribution in [0.5, 0.6) is 5.88 Å². The lowest BCUT2D eigenvalue weighted by molar-refractivity contribution is 0.0266. The Labute approximate surface area is 119 Å². The van der Waals surface area contributed by atoms with Gasteiger partial charge in [-0.15, -0.1) is 5.10 Å². The first-order valence-corrected chi connectivity index (χ1v) is 7.19. The largest absolute Gasteiger partial charge is 0.472 e. The highest BCUT2D eigenvalue weighted by atomic mass is 16.5. The number of hydrogen-bond acceptors (Lipinski definition) is 4. The zero-order valence-electron chi connectivity index (χ0n) is 12.3. The third kappa shape index (κ3) is 1.65. The Morgan fingerprint density at radius 3 is 2.75 bits per heavy atom. The Morgan fingerprint density at radius 2 is 2.20 bits per heavy atom. The summed E-state index contributed by atoms with van der Waals surface area (Å²) >= 11 is 0. The molecule has 2 fully saturated rings. The molecule has 3 unspecified atom stereocenters. The molecule has 20 heavy (non-hydrogen) atoms. The average molecular weight is 274 g/mol. The molecular weight excluding hydrogens is 252 g/mol. The zero-order chi connectivity index (χ0) is 14.5. The maximum atomic E-state index is 7.61. The van der Waals surface area contributed by atoms with E-state index >= 15 is 0 Å². The molecule has 0 radical (unpaired) electrons. The number of nitrogens with one attached hydrogen (secondary N) is 1. The quantitative estimate of drug-likeness (QED) is 0.654. The highest BCUT2D eigenvalue weighted by molar-refractivity contribution is 5.96. The Bertz CT molecular complexity index is 557. The van der Waals surface area contributed by atoms with Gasteiger partial charge in [-0.25, -0.2) is 0 Å². The first-order chi connectivity index (χ1) is 9.36. The molecule has 2 bridgehead atoms. The second kappa shape index (κ2) is 4.17. The first kappa shape index (κ1) is 13.3. The van der Waals surface area contributed by atoms with Gasteiger partial charge in [0.15, 0.2) is 0 Å². The molecule has 1 heterocycles. The van der Waals surface area contributed by atoms with Crippen molar-refractivity contribution in [3.8, 4) is 5.88 Å². The number of hydrogen-bond donors (Lipinski definition) is 2. The molecule has 2 saturated carbocycles. The average Bonchev–Trinajstić information content (AvgIpc) is 2.72. The minimum Gasteiger partial charge on any atom is -0.472 e. The van der Waals surface area contributed by atoms with Gasteiger partial charge in [0, 0.05) is 5.41 Å². The summed E-state index contributed by atoms with van der Waals surface area (Å²) < 4.78 is 6.15. The second-order valence-electron chi connectivity index (χ2n) is 6.88. The van der Waals surface area contributed by atoms with Crippen molar-refractivity contribution < 1.29 is 4.74 Å². The predicted octanol–water partition coefficient (Wildman–Crippen LogP) is 2.35. The fourth-order valence-electron chi connectivity index (χ4n) is 4.05. The van der Waals surface area contributed by atoms with Crippen LogP contribution in [0.2, 0.25) is 0 Å². The number of fused-ring (bicyclic) bond motifs is 2. The van der Waals surface area contributed by atoms with Crippen LogP contribution >= 0.6 is 0 Å². The van der Waals surface area contributed by atoms with Crippen LogP contribution in [0.15, 0.2) is 12.3 Å². The minimum atomic E-state index is -0.0255. The van der Waals surface area contributed by atoms with Crippen LogP contribution < -0.4 is 10.5 Å². The van der Waals surface area contributed by atoms with Gasteiger partial charge in [-0.3, -0.25) is 5.41 Å². The van der Waals surface area contributed by atoms with Crippen LogP contribution in [0.25, 0.3) is 0 Å². The van der Waals surface area contributed by atoms with Crippen LogP contribution in [-0.4, -0.2) is 22.1 Å². The van der Waals surface area contributed by atoms with E-state index in [1.54, 1.807) is 6.07 Å². The highest BCUT2D eigenvalue weighted by Gasteiger charge is 2.62. The normalized spacial score (nSPS) is 34.1. The number of nitrogens with two attached hydrogens (primary N) is 1. The van der Waals surface area contributed by atoms with E-state index < -0.39 is 0 Å². The Kier molecular flexibility index (Phi) is 2.78. The Hall–Kier alpha value is -1.65. The van der Waals surface area contributed by atoms with Gasteiger partial charge < -0.3 is 10.5 Å². The van der Waals surface area contributed by atoms with E-state index in [-0.39, 0.29) is 22.8 Å². The molecule has 0 aromatic carbocycles. The third-order valence-corrected chi connectivity index (χ3v) is 5.94. The second-order valence-corrected chi connectivity index (χ2v) is 6.88. The molecule has 0 saturated heterocycles. The van der Waals surface area contributed by atoms with Crippen molar-refractivity contribution in [2.75, 3.05) is 0 Å². The zero-order valence-corrected chi connectivity index (χ0v) is 12.3. The lowest BCUT2D eigenvalue weighted by Gasteiger charge is -2.38. The Balaban J connectivity index is 1.89. The summed E-state index contributed by atoms with van der Waals surface area (Å²) in [7, 11) is 0. The molecule has 0 aliphatic heterocycles. The van der Waals surface area contributed by atoms with Gasteiger partial charge in [0.1, 0.15) is 11.9 Å². The summed E-state index contributed by atoms with van der Waals surface area (Å²) in [4.78, 5) is 0. The number of nitrogen functional groups attached to an aromatic ring is 1. The SMILES string of the molecule is CC1(C)C2CCC1(C)C(Oc1nnccc1C(=N)N)C2. The first-order valence-electron chi connectivity index (χ1n) is 7.19. The number of amidine groups is 1. The molecule has 5 nitrogen and oxygen atoms in total. The number of ether oxygens (including phenoxy) is 1. The van der Waals surface area contributed by atoms with Crippen LogP contribution in [0.3, 0.4) is 0 Å². The van der Waals surface area contributed by atoms with Crippen LogP contribution in [-0.2, 0) is 0 Å². The van der Waals surface area contributed by atoms with Crippen LogP contribution in [0.4, 0.5) is 0 Å². The van der Waals surface area contributed by atoms with E-state index in [1.807, 2.05) is 0 Å². The number of aromatic nitrogens is 2. The summed E-state index contributed by atoms with van der Waals surface area (Å²) in [6.45, 7) is 7.00. The lowest BCUT2D eigenvalue weighted by Crippen LogP contribution is -2.39. The standard InChI is InChI=1S/C15H22N4O/c1-14(2)9-4-6-15(14,3)11(8-9)20-13-10(12(16)17)5-7-18-19-13/h5,7,9,11H,4,6,8H2,1-3H3,(H3,16,17). The third-order valence-electron chi connectivity index (χ3n) is 5.94. The molecule has 1 aromatic rings. The molecule has 3 N–H and O–H groups in total. The van der Waals surface area contributed by atoms with Gasteiger partial charge >= 0.3 is 0 Å². The summed E-state index contributed by atoms with van der Waals surface area (Å²) in [5.74, 6) is 1.08. The van der Waals surface area contributed by atoms with Crippen molar-refractivity contribution in [2.45, 2.75) is 46.1 Å². The molecule has 5 heteroatoms. The molecule has 0 spiro atoms. The summed E-state index contributed by atoms with van der Waals surface area (Å²) in [6, 6.07) is 1.69. The molecule has 1 aromatic heterocycles. The van der Waals surface area contributed by atoms with E-state index in [2.05, 4.69) is 31.0 Å². The molecular formula is C15H22N4O. The van der Waals surface area contributed by atoms with Gasteiger partial charge in [0.05, 0.1) is 11.8 Å². The Morgan fingerprint density at radius 1 is 1.45 bits per heavy atom. The summed E-state index contributed by atoms with van der Waals surface area (Å²) in [5.41, 5.74) is 6.56. The van der Waals surface area contributed by atoms with E-state index in [0.29, 0.717) is 17.4 Å². The fourth-order valence-corrected chi connectivity index (χ4v) is 4.05. The van der Waals surface area contributed by atoms with Gasteiger partial charge in [0.2, 0.25) is 5.88 Å². The van der Waals surface area contributed by atoms with Crippen molar-refractivity contribution in [3.05, 3.63) is 17.8 Å². The number of rotatable bonds is 3. The van der Waals surface area contributed by atoms with Crippen molar-refractivity contribution in [2.24, 2.45) is 22.5 Å². The number of nitrogens with zero attached hydrogens (tertiary/aromatic N) is 2.